The van der Waals surface area contributed by atoms with Crippen LogP contribution in [0.15, 0.2) is 75.0 Å². The Morgan fingerprint density at radius 3 is 2.89 bits per heavy atom. The second-order valence-corrected chi connectivity index (χ2v) is 7.08. The molecule has 1 unspecified atom stereocenters. The molecule has 4 nitrogen and oxygen atoms in total. The minimum Gasteiger partial charge on any atom is -0.341 e. The van der Waals surface area contributed by atoms with E-state index in [0.717, 1.165) is 16.3 Å². The summed E-state index contributed by atoms with van der Waals surface area (Å²) >= 11 is 7.84. The van der Waals surface area contributed by atoms with Gasteiger partial charge >= 0.3 is 0 Å². The number of rotatable bonds is 5. The zero-order chi connectivity index (χ0) is 19.4. The van der Waals surface area contributed by atoms with E-state index in [4.69, 9.17) is 16.6 Å². The molecule has 0 saturated carbocycles. The Bertz CT molecular complexity index is 974. The summed E-state index contributed by atoms with van der Waals surface area (Å²) in [6, 6.07) is 3.87. The SMILES string of the molecule is C=N/C(=C\C=C/C)C1=C(C)NC(c2nccs2)=NC1c1ccc(F)cc1Cl. The summed E-state index contributed by atoms with van der Waals surface area (Å²) in [6.45, 7) is 7.55. The molecule has 3 rings (SSSR count). The molecule has 1 aliphatic rings. The maximum absolute atomic E-state index is 13.6. The number of hydrogen-bond acceptors (Lipinski definition) is 5. The Balaban J connectivity index is 2.18. The van der Waals surface area contributed by atoms with Crippen LogP contribution in [-0.2, 0) is 0 Å². The monoisotopic (exact) mass is 400 g/mol. The van der Waals surface area contributed by atoms with E-state index in [-0.39, 0.29) is 0 Å². The molecule has 2 heterocycles. The largest absolute Gasteiger partial charge is 0.341 e. The van der Waals surface area contributed by atoms with Crippen molar-refractivity contribution in [3.8, 4) is 0 Å². The van der Waals surface area contributed by atoms with Crippen LogP contribution in [0.5, 0.6) is 0 Å². The first-order valence-electron chi connectivity index (χ1n) is 8.25. The third kappa shape index (κ3) is 4.07. The Morgan fingerprint density at radius 1 is 1.44 bits per heavy atom. The van der Waals surface area contributed by atoms with Crippen molar-refractivity contribution in [2.75, 3.05) is 0 Å². The van der Waals surface area contributed by atoms with Crippen LogP contribution in [0.3, 0.4) is 0 Å². The van der Waals surface area contributed by atoms with Gasteiger partial charge in [-0.25, -0.2) is 9.37 Å². The van der Waals surface area contributed by atoms with Crippen LogP contribution < -0.4 is 5.32 Å². The summed E-state index contributed by atoms with van der Waals surface area (Å²) in [5.74, 6) is 0.252. The van der Waals surface area contributed by atoms with Crippen molar-refractivity contribution < 1.29 is 4.39 Å². The molecule has 138 valence electrons. The molecule has 0 fully saturated rings. The van der Waals surface area contributed by atoms with Crippen molar-refractivity contribution in [2.24, 2.45) is 9.98 Å². The van der Waals surface area contributed by atoms with E-state index in [9.17, 15) is 4.39 Å². The molecule has 1 aromatic carbocycles. The van der Waals surface area contributed by atoms with Crippen molar-refractivity contribution in [3.63, 3.8) is 0 Å². The van der Waals surface area contributed by atoms with E-state index < -0.39 is 11.9 Å². The van der Waals surface area contributed by atoms with Crippen LogP contribution in [0.2, 0.25) is 5.02 Å². The van der Waals surface area contributed by atoms with Crippen LogP contribution >= 0.6 is 22.9 Å². The fraction of sp³-hybridized carbons (Fsp3) is 0.150. The van der Waals surface area contributed by atoms with Gasteiger partial charge in [-0.3, -0.25) is 9.98 Å². The van der Waals surface area contributed by atoms with Crippen LogP contribution in [-0.4, -0.2) is 17.5 Å². The molecular weight excluding hydrogens is 383 g/mol. The Morgan fingerprint density at radius 2 is 2.26 bits per heavy atom. The fourth-order valence-electron chi connectivity index (χ4n) is 2.82. The number of allylic oxidation sites excluding steroid dienone is 4. The molecule has 0 amide bonds. The van der Waals surface area contributed by atoms with E-state index >= 15 is 0 Å². The van der Waals surface area contributed by atoms with E-state index in [0.29, 0.717) is 22.1 Å². The number of aliphatic imine (C=N–C) groups is 2. The lowest BCUT2D eigenvalue weighted by Gasteiger charge is -2.27. The van der Waals surface area contributed by atoms with Gasteiger partial charge in [-0.1, -0.05) is 29.8 Å². The summed E-state index contributed by atoms with van der Waals surface area (Å²) in [4.78, 5) is 13.3. The van der Waals surface area contributed by atoms with Crippen LogP contribution in [0.4, 0.5) is 4.39 Å². The lowest BCUT2D eigenvalue weighted by Crippen LogP contribution is -2.30. The highest BCUT2D eigenvalue weighted by molar-refractivity contribution is 7.11. The number of aromatic nitrogens is 1. The number of hydrogen-bond donors (Lipinski definition) is 1. The predicted octanol–water partition coefficient (Wildman–Crippen LogP) is 5.46. The molecule has 1 atom stereocenters. The average molecular weight is 401 g/mol. The maximum atomic E-state index is 13.6. The van der Waals surface area contributed by atoms with Crippen molar-refractivity contribution in [1.82, 2.24) is 10.3 Å². The summed E-state index contributed by atoms with van der Waals surface area (Å²) < 4.78 is 13.6. The summed E-state index contributed by atoms with van der Waals surface area (Å²) in [7, 11) is 0. The van der Waals surface area contributed by atoms with E-state index in [1.54, 1.807) is 12.3 Å². The number of amidine groups is 1. The van der Waals surface area contributed by atoms with Crippen molar-refractivity contribution in [2.45, 2.75) is 19.9 Å². The molecule has 0 radical (unpaired) electrons. The Kier molecular flexibility index (Phi) is 5.98. The highest BCUT2D eigenvalue weighted by Crippen LogP contribution is 2.39. The van der Waals surface area contributed by atoms with Gasteiger partial charge in [0.2, 0.25) is 0 Å². The maximum Gasteiger partial charge on any atom is 0.163 e. The topological polar surface area (TPSA) is 49.6 Å². The molecule has 0 saturated heterocycles. The zero-order valence-corrected chi connectivity index (χ0v) is 16.5. The molecule has 0 bridgehead atoms. The smallest absolute Gasteiger partial charge is 0.163 e. The first-order chi connectivity index (χ1) is 13.0. The van der Waals surface area contributed by atoms with Crippen LogP contribution in [0.25, 0.3) is 0 Å². The van der Waals surface area contributed by atoms with E-state index in [2.05, 4.69) is 22.0 Å². The van der Waals surface area contributed by atoms with E-state index in [1.807, 2.05) is 37.5 Å². The number of benzene rings is 1. The van der Waals surface area contributed by atoms with Gasteiger partial charge in [-0.05, 0) is 38.8 Å². The number of nitrogens with one attached hydrogen (secondary N) is 1. The molecule has 1 aromatic heterocycles. The molecule has 2 aromatic rings. The second-order valence-electron chi connectivity index (χ2n) is 5.78. The molecular formula is C20H18ClFN4S. The Hall–Kier alpha value is -2.57. The van der Waals surface area contributed by atoms with Gasteiger partial charge in [0, 0.05) is 33.4 Å². The first-order valence-corrected chi connectivity index (χ1v) is 9.51. The summed E-state index contributed by atoms with van der Waals surface area (Å²) in [6.07, 6.45) is 7.37. The highest BCUT2D eigenvalue weighted by Gasteiger charge is 2.29. The van der Waals surface area contributed by atoms with Gasteiger partial charge in [0.25, 0.3) is 0 Å². The molecule has 1 aliphatic heterocycles. The third-order valence-electron chi connectivity index (χ3n) is 4.03. The van der Waals surface area contributed by atoms with Gasteiger partial charge in [-0.15, -0.1) is 11.3 Å². The molecule has 0 spiro atoms. The fourth-order valence-corrected chi connectivity index (χ4v) is 3.68. The number of thiazole rings is 1. The zero-order valence-electron chi connectivity index (χ0n) is 14.9. The molecule has 1 N–H and O–H groups in total. The van der Waals surface area contributed by atoms with Gasteiger partial charge in [-0.2, -0.15) is 0 Å². The second kappa shape index (κ2) is 8.41. The van der Waals surface area contributed by atoms with Gasteiger partial charge in [0.05, 0.1) is 5.70 Å². The van der Waals surface area contributed by atoms with Gasteiger partial charge in [0.1, 0.15) is 11.9 Å². The molecule has 0 aliphatic carbocycles. The predicted molar refractivity (Wildman–Crippen MR) is 111 cm³/mol. The normalized spacial score (nSPS) is 17.9. The first kappa shape index (κ1) is 19.2. The van der Waals surface area contributed by atoms with Crippen LogP contribution in [0, 0.1) is 5.82 Å². The molecule has 27 heavy (non-hydrogen) atoms. The molecule has 7 heteroatoms. The lowest BCUT2D eigenvalue weighted by molar-refractivity contribution is 0.626. The minimum absolute atomic E-state index is 0.309. The lowest BCUT2D eigenvalue weighted by atomic mass is 9.93. The summed E-state index contributed by atoms with van der Waals surface area (Å²) in [5, 5.41) is 6.26. The third-order valence-corrected chi connectivity index (χ3v) is 5.13. The quantitative estimate of drug-likeness (QED) is 0.535. The van der Waals surface area contributed by atoms with Crippen molar-refractivity contribution >= 4 is 35.5 Å². The Labute approximate surface area is 166 Å². The minimum atomic E-state index is -0.458. The number of nitrogens with zero attached hydrogens (tertiary/aromatic N) is 3. The number of halogens is 2. The summed E-state index contributed by atoms with van der Waals surface area (Å²) in [5.41, 5.74) is 3.06. The van der Waals surface area contributed by atoms with E-state index in [1.165, 1.54) is 23.5 Å². The van der Waals surface area contributed by atoms with Gasteiger partial charge in [0.15, 0.2) is 10.8 Å². The highest BCUT2D eigenvalue weighted by atomic mass is 35.5. The average Bonchev–Trinajstić information content (AvgIpc) is 3.18. The van der Waals surface area contributed by atoms with Crippen molar-refractivity contribution in [1.29, 1.82) is 0 Å². The van der Waals surface area contributed by atoms with Crippen molar-refractivity contribution in [3.05, 3.63) is 86.4 Å². The van der Waals surface area contributed by atoms with Gasteiger partial charge < -0.3 is 5.32 Å². The van der Waals surface area contributed by atoms with Crippen LogP contribution in [0.1, 0.15) is 30.5 Å². The standard InChI is InChI=1S/C20H18ClFN4S/c1-4-5-6-16(23-3)17-12(2)25-19(20-24-9-10-27-20)26-18(17)14-8-7-13(22)11-15(14)21/h4-11,18H,3H2,1-2H3,(H,25,26)/b5-4-,16-6-.